The molecule has 1 amide bonds. The number of pyridine rings is 1. The van der Waals surface area contributed by atoms with Gasteiger partial charge in [0.05, 0.1) is 17.4 Å². The second kappa shape index (κ2) is 4.87. The Morgan fingerprint density at radius 3 is 2.56 bits per heavy atom. The number of aromatic nitrogens is 1. The van der Waals surface area contributed by atoms with Crippen LogP contribution >= 0.6 is 0 Å². The van der Waals surface area contributed by atoms with Crippen LogP contribution in [0.3, 0.4) is 0 Å². The molecule has 0 saturated carbocycles. The fourth-order valence-electron chi connectivity index (χ4n) is 1.18. The molecule has 88 valence electrons. The molecule has 0 atom stereocenters. The summed E-state index contributed by atoms with van der Waals surface area (Å²) in [6, 6.07) is 1.23. The van der Waals surface area contributed by atoms with Gasteiger partial charge < -0.3 is 10.2 Å². The predicted octanol–water partition coefficient (Wildman–Crippen LogP) is 1.76. The lowest BCUT2D eigenvalue weighted by Gasteiger charge is -2.13. The molecule has 0 aromatic carbocycles. The number of hydrogen-bond donors (Lipinski definition) is 1. The van der Waals surface area contributed by atoms with Crippen molar-refractivity contribution in [2.75, 3.05) is 26.5 Å². The molecule has 1 N–H and O–H groups in total. The number of hydrogen-bond acceptors (Lipinski definition) is 3. The molecule has 0 aliphatic rings. The van der Waals surface area contributed by atoms with Gasteiger partial charge in [-0.05, 0) is 6.07 Å². The van der Waals surface area contributed by atoms with Crippen LogP contribution < -0.4 is 5.32 Å². The fourth-order valence-corrected chi connectivity index (χ4v) is 1.18. The zero-order valence-corrected chi connectivity index (χ0v) is 9.29. The van der Waals surface area contributed by atoms with Crippen molar-refractivity contribution in [1.82, 2.24) is 9.88 Å². The Labute approximate surface area is 92.3 Å². The van der Waals surface area contributed by atoms with Crippen LogP contribution in [0.5, 0.6) is 0 Å². The number of anilines is 1. The molecule has 1 aromatic heterocycles. The Balaban J connectivity index is 3.23. The highest BCUT2D eigenvalue weighted by atomic mass is 19.3. The molecule has 1 rings (SSSR count). The van der Waals surface area contributed by atoms with Gasteiger partial charge >= 0.3 is 0 Å². The van der Waals surface area contributed by atoms with Gasteiger partial charge in [-0.1, -0.05) is 0 Å². The van der Waals surface area contributed by atoms with Gasteiger partial charge in [0.15, 0.2) is 0 Å². The normalized spacial score (nSPS) is 10.4. The first-order valence-corrected chi connectivity index (χ1v) is 4.65. The second-order valence-electron chi connectivity index (χ2n) is 3.41. The van der Waals surface area contributed by atoms with E-state index in [9.17, 15) is 13.6 Å². The summed E-state index contributed by atoms with van der Waals surface area (Å²) in [5.41, 5.74) is -0.116. The van der Waals surface area contributed by atoms with Crippen molar-refractivity contribution >= 4 is 11.6 Å². The first-order chi connectivity index (χ1) is 7.47. The van der Waals surface area contributed by atoms with Crippen molar-refractivity contribution in [2.45, 2.75) is 6.43 Å². The van der Waals surface area contributed by atoms with Crippen LogP contribution in [0, 0.1) is 0 Å². The van der Waals surface area contributed by atoms with Gasteiger partial charge in [0.2, 0.25) is 0 Å². The lowest BCUT2D eigenvalue weighted by molar-refractivity contribution is 0.0808. The maximum atomic E-state index is 12.7. The van der Waals surface area contributed by atoms with Crippen molar-refractivity contribution < 1.29 is 13.6 Å². The lowest BCUT2D eigenvalue weighted by atomic mass is 10.1. The minimum absolute atomic E-state index is 0.209. The Hall–Kier alpha value is -1.72. The van der Waals surface area contributed by atoms with Crippen LogP contribution in [-0.2, 0) is 0 Å². The summed E-state index contributed by atoms with van der Waals surface area (Å²) < 4.78 is 25.5. The average molecular weight is 229 g/mol. The highest BCUT2D eigenvalue weighted by Gasteiger charge is 2.21. The van der Waals surface area contributed by atoms with Crippen LogP contribution in [0.25, 0.3) is 0 Å². The van der Waals surface area contributed by atoms with Crippen molar-refractivity contribution in [3.63, 3.8) is 0 Å². The highest BCUT2D eigenvalue weighted by molar-refractivity contribution is 5.93. The van der Waals surface area contributed by atoms with Gasteiger partial charge in [-0.25, -0.2) is 13.8 Å². The molecule has 0 unspecified atom stereocenters. The Bertz CT molecular complexity index is 394. The summed E-state index contributed by atoms with van der Waals surface area (Å²) in [5, 5.41) is 2.70. The molecule has 1 heterocycles. The lowest BCUT2D eigenvalue weighted by Crippen LogP contribution is -2.24. The molecule has 0 radical (unpaired) electrons. The smallest absolute Gasteiger partial charge is 0.272 e. The van der Waals surface area contributed by atoms with E-state index in [0.29, 0.717) is 5.69 Å². The maximum Gasteiger partial charge on any atom is 0.272 e. The average Bonchev–Trinajstić information content (AvgIpc) is 2.26. The van der Waals surface area contributed by atoms with E-state index in [1.54, 1.807) is 7.05 Å². The van der Waals surface area contributed by atoms with E-state index in [1.165, 1.54) is 31.3 Å². The first-order valence-electron chi connectivity index (χ1n) is 4.65. The van der Waals surface area contributed by atoms with Crippen molar-refractivity contribution in [3.05, 3.63) is 23.5 Å². The zero-order valence-electron chi connectivity index (χ0n) is 9.29. The number of halogens is 2. The van der Waals surface area contributed by atoms with E-state index >= 15 is 0 Å². The molecular weight excluding hydrogens is 216 g/mol. The highest BCUT2D eigenvalue weighted by Crippen LogP contribution is 2.24. The predicted molar refractivity (Wildman–Crippen MR) is 56.8 cm³/mol. The Morgan fingerprint density at radius 1 is 1.50 bits per heavy atom. The number of rotatable bonds is 3. The van der Waals surface area contributed by atoms with Crippen LogP contribution in [0.15, 0.2) is 12.3 Å². The molecule has 0 saturated heterocycles. The summed E-state index contributed by atoms with van der Waals surface area (Å²) >= 11 is 0. The van der Waals surface area contributed by atoms with Gasteiger partial charge in [-0.3, -0.25) is 4.79 Å². The van der Waals surface area contributed by atoms with Crippen LogP contribution in [0.2, 0.25) is 0 Å². The topological polar surface area (TPSA) is 45.2 Å². The SMILES string of the molecule is CNc1cnc(C(=O)N(C)C)c(C(F)F)c1. The third-order valence-corrected chi connectivity index (χ3v) is 2.05. The molecule has 0 spiro atoms. The summed E-state index contributed by atoms with van der Waals surface area (Å²) in [4.78, 5) is 16.6. The van der Waals surface area contributed by atoms with Gasteiger partial charge in [-0.15, -0.1) is 0 Å². The minimum Gasteiger partial charge on any atom is -0.387 e. The number of nitrogens with zero attached hydrogens (tertiary/aromatic N) is 2. The van der Waals surface area contributed by atoms with Crippen molar-refractivity contribution in [1.29, 1.82) is 0 Å². The molecule has 0 fully saturated rings. The number of nitrogens with one attached hydrogen (secondary N) is 1. The van der Waals surface area contributed by atoms with Crippen molar-refractivity contribution in [2.24, 2.45) is 0 Å². The third kappa shape index (κ3) is 2.44. The van der Waals surface area contributed by atoms with Crippen LogP contribution in [0.1, 0.15) is 22.5 Å². The Morgan fingerprint density at radius 2 is 2.12 bits per heavy atom. The largest absolute Gasteiger partial charge is 0.387 e. The molecular formula is C10H13F2N3O. The third-order valence-electron chi connectivity index (χ3n) is 2.05. The zero-order chi connectivity index (χ0) is 12.3. The van der Waals surface area contributed by atoms with Crippen LogP contribution in [0.4, 0.5) is 14.5 Å². The number of carbonyl (C=O) groups is 1. The van der Waals surface area contributed by atoms with Gasteiger partial charge in [0, 0.05) is 21.1 Å². The summed E-state index contributed by atoms with van der Waals surface area (Å²) in [6.07, 6.45) is -1.37. The second-order valence-corrected chi connectivity index (χ2v) is 3.41. The molecule has 0 aliphatic carbocycles. The van der Waals surface area contributed by atoms with Crippen LogP contribution in [-0.4, -0.2) is 36.9 Å². The van der Waals surface area contributed by atoms with Gasteiger partial charge in [0.25, 0.3) is 12.3 Å². The molecule has 0 aliphatic heterocycles. The number of carbonyl (C=O) groups excluding carboxylic acids is 1. The monoisotopic (exact) mass is 229 g/mol. The van der Waals surface area contributed by atoms with E-state index in [1.807, 2.05) is 0 Å². The van der Waals surface area contributed by atoms with E-state index in [4.69, 9.17) is 0 Å². The fraction of sp³-hybridized carbons (Fsp3) is 0.400. The molecule has 16 heavy (non-hydrogen) atoms. The van der Waals surface area contributed by atoms with E-state index in [-0.39, 0.29) is 11.3 Å². The van der Waals surface area contributed by atoms with E-state index in [0.717, 1.165) is 0 Å². The van der Waals surface area contributed by atoms with E-state index in [2.05, 4.69) is 10.3 Å². The summed E-state index contributed by atoms with van der Waals surface area (Å²) in [6.45, 7) is 0. The standard InChI is InChI=1S/C10H13F2N3O/c1-13-6-4-7(9(11)12)8(14-5-6)10(16)15(2)3/h4-5,9,13H,1-3H3. The number of amides is 1. The minimum atomic E-state index is -2.72. The Kier molecular flexibility index (Phi) is 3.76. The summed E-state index contributed by atoms with van der Waals surface area (Å²) in [7, 11) is 4.58. The maximum absolute atomic E-state index is 12.7. The molecule has 1 aromatic rings. The van der Waals surface area contributed by atoms with Gasteiger partial charge in [0.1, 0.15) is 5.69 Å². The van der Waals surface area contributed by atoms with Gasteiger partial charge in [-0.2, -0.15) is 0 Å². The molecule has 4 nitrogen and oxygen atoms in total. The van der Waals surface area contributed by atoms with Crippen molar-refractivity contribution in [3.8, 4) is 0 Å². The first kappa shape index (κ1) is 12.4. The number of alkyl halides is 2. The summed E-state index contributed by atoms with van der Waals surface area (Å²) in [5.74, 6) is -0.530. The quantitative estimate of drug-likeness (QED) is 0.859. The van der Waals surface area contributed by atoms with E-state index < -0.39 is 12.3 Å². The molecule has 0 bridgehead atoms. The molecule has 6 heteroatoms.